The molecule has 1 aromatic rings. The summed E-state index contributed by atoms with van der Waals surface area (Å²) < 4.78 is 5.56. The van der Waals surface area contributed by atoms with Gasteiger partial charge >= 0.3 is 0 Å². The maximum absolute atomic E-state index is 5.56. The van der Waals surface area contributed by atoms with Gasteiger partial charge < -0.3 is 10.1 Å². The second kappa shape index (κ2) is 5.60. The summed E-state index contributed by atoms with van der Waals surface area (Å²) >= 11 is 0. The highest BCUT2D eigenvalue weighted by molar-refractivity contribution is 5.25. The number of aryl methyl sites for hydroxylation is 1. The van der Waals surface area contributed by atoms with E-state index in [1.807, 2.05) is 19.1 Å². The van der Waals surface area contributed by atoms with Crippen molar-refractivity contribution in [1.82, 2.24) is 10.3 Å². The van der Waals surface area contributed by atoms with E-state index >= 15 is 0 Å². The number of nitrogens with one attached hydrogen (secondary N) is 1. The normalized spacial score (nSPS) is 10.6. The Hall–Kier alpha value is -1.09. The fourth-order valence-electron chi connectivity index (χ4n) is 1.13. The lowest BCUT2D eigenvalue weighted by Crippen LogP contribution is -2.27. The Morgan fingerprint density at radius 3 is 2.93 bits per heavy atom. The second-order valence-corrected chi connectivity index (χ2v) is 3.54. The molecule has 0 fully saturated rings. The lowest BCUT2D eigenvalue weighted by molar-refractivity contribution is 0.305. The van der Waals surface area contributed by atoms with Gasteiger partial charge in [-0.05, 0) is 19.1 Å². The predicted octanol–water partition coefficient (Wildman–Crippen LogP) is 1.77. The van der Waals surface area contributed by atoms with Crippen LogP contribution in [0, 0.1) is 6.92 Å². The van der Waals surface area contributed by atoms with E-state index in [2.05, 4.69) is 24.1 Å². The van der Waals surface area contributed by atoms with Crippen LogP contribution in [0.5, 0.6) is 5.75 Å². The number of hydrogen-bond donors (Lipinski definition) is 1. The van der Waals surface area contributed by atoms with Gasteiger partial charge in [0, 0.05) is 18.8 Å². The number of rotatable bonds is 5. The predicted molar refractivity (Wildman–Crippen MR) is 57.6 cm³/mol. The number of aromatic nitrogens is 1. The van der Waals surface area contributed by atoms with E-state index in [-0.39, 0.29) is 0 Å². The summed E-state index contributed by atoms with van der Waals surface area (Å²) in [5.74, 6) is 0.873. The van der Waals surface area contributed by atoms with E-state index in [0.717, 1.165) is 18.0 Å². The third kappa shape index (κ3) is 3.75. The summed E-state index contributed by atoms with van der Waals surface area (Å²) in [6.07, 6.45) is 1.77. The third-order valence-corrected chi connectivity index (χ3v) is 1.87. The van der Waals surface area contributed by atoms with E-state index in [4.69, 9.17) is 4.74 Å². The number of ether oxygens (including phenoxy) is 1. The molecule has 78 valence electrons. The van der Waals surface area contributed by atoms with Gasteiger partial charge in [-0.2, -0.15) is 0 Å². The summed E-state index contributed by atoms with van der Waals surface area (Å²) in [6, 6.07) is 4.34. The van der Waals surface area contributed by atoms with Gasteiger partial charge in [-0.25, -0.2) is 0 Å². The second-order valence-electron chi connectivity index (χ2n) is 3.54. The third-order valence-electron chi connectivity index (χ3n) is 1.87. The molecule has 3 nitrogen and oxygen atoms in total. The van der Waals surface area contributed by atoms with Crippen LogP contribution in [0.2, 0.25) is 0 Å². The van der Waals surface area contributed by atoms with Crippen molar-refractivity contribution < 1.29 is 4.74 Å². The standard InChI is InChI=1S/C11H18N2O/c1-9(2)12-7-8-14-11-5-4-6-13-10(11)3/h4-6,9,12H,7-8H2,1-3H3. The smallest absolute Gasteiger partial charge is 0.140 e. The molecule has 0 bridgehead atoms. The summed E-state index contributed by atoms with van der Waals surface area (Å²) in [6.45, 7) is 7.74. The van der Waals surface area contributed by atoms with Crippen LogP contribution in [0.15, 0.2) is 18.3 Å². The van der Waals surface area contributed by atoms with Gasteiger partial charge in [0.15, 0.2) is 0 Å². The van der Waals surface area contributed by atoms with E-state index in [1.165, 1.54) is 0 Å². The van der Waals surface area contributed by atoms with E-state index in [1.54, 1.807) is 6.20 Å². The molecule has 0 atom stereocenters. The molecule has 0 saturated heterocycles. The summed E-state index contributed by atoms with van der Waals surface area (Å²) in [5.41, 5.74) is 0.942. The van der Waals surface area contributed by atoms with Gasteiger partial charge in [-0.1, -0.05) is 13.8 Å². The maximum atomic E-state index is 5.56. The first kappa shape index (κ1) is 11.0. The molecule has 1 N–H and O–H groups in total. The molecule has 14 heavy (non-hydrogen) atoms. The highest BCUT2D eigenvalue weighted by Crippen LogP contribution is 2.12. The first-order valence-electron chi connectivity index (χ1n) is 4.98. The molecule has 0 saturated carbocycles. The minimum atomic E-state index is 0.508. The summed E-state index contributed by atoms with van der Waals surface area (Å²) in [7, 11) is 0. The summed E-state index contributed by atoms with van der Waals surface area (Å²) in [4.78, 5) is 4.15. The Labute approximate surface area is 85.5 Å². The maximum Gasteiger partial charge on any atom is 0.140 e. The van der Waals surface area contributed by atoms with Crippen molar-refractivity contribution in [2.24, 2.45) is 0 Å². The largest absolute Gasteiger partial charge is 0.490 e. The SMILES string of the molecule is Cc1ncccc1OCCNC(C)C. The molecule has 0 aliphatic rings. The zero-order valence-corrected chi connectivity index (χ0v) is 9.08. The van der Waals surface area contributed by atoms with Crippen molar-refractivity contribution in [3.63, 3.8) is 0 Å². The molecular weight excluding hydrogens is 176 g/mol. The van der Waals surface area contributed by atoms with Crippen LogP contribution >= 0.6 is 0 Å². The van der Waals surface area contributed by atoms with Crippen LogP contribution in [0.4, 0.5) is 0 Å². The lowest BCUT2D eigenvalue weighted by atomic mass is 10.3. The first-order valence-corrected chi connectivity index (χ1v) is 4.98. The van der Waals surface area contributed by atoms with Crippen LogP contribution < -0.4 is 10.1 Å². The highest BCUT2D eigenvalue weighted by Gasteiger charge is 1.98. The first-order chi connectivity index (χ1) is 6.70. The molecule has 0 radical (unpaired) electrons. The van der Waals surface area contributed by atoms with Crippen molar-refractivity contribution in [3.05, 3.63) is 24.0 Å². The number of pyridine rings is 1. The number of nitrogens with zero attached hydrogens (tertiary/aromatic N) is 1. The minimum absolute atomic E-state index is 0.508. The zero-order chi connectivity index (χ0) is 10.4. The molecule has 0 spiro atoms. The lowest BCUT2D eigenvalue weighted by Gasteiger charge is -2.10. The Balaban J connectivity index is 2.28. The Kier molecular flexibility index (Phi) is 4.40. The van der Waals surface area contributed by atoms with Crippen molar-refractivity contribution in [2.75, 3.05) is 13.2 Å². The van der Waals surface area contributed by atoms with E-state index in [0.29, 0.717) is 12.6 Å². The molecule has 0 unspecified atom stereocenters. The topological polar surface area (TPSA) is 34.1 Å². The van der Waals surface area contributed by atoms with Gasteiger partial charge in [0.25, 0.3) is 0 Å². The fraction of sp³-hybridized carbons (Fsp3) is 0.545. The van der Waals surface area contributed by atoms with Crippen molar-refractivity contribution in [3.8, 4) is 5.75 Å². The fourth-order valence-corrected chi connectivity index (χ4v) is 1.13. The average molecular weight is 194 g/mol. The van der Waals surface area contributed by atoms with Gasteiger partial charge in [0.05, 0.1) is 5.69 Å². The van der Waals surface area contributed by atoms with Crippen molar-refractivity contribution in [2.45, 2.75) is 26.8 Å². The molecule has 1 rings (SSSR count). The summed E-state index contributed by atoms with van der Waals surface area (Å²) in [5, 5.41) is 3.29. The number of hydrogen-bond acceptors (Lipinski definition) is 3. The van der Waals surface area contributed by atoms with Crippen LogP contribution in [-0.2, 0) is 0 Å². The van der Waals surface area contributed by atoms with Gasteiger partial charge in [0.2, 0.25) is 0 Å². The van der Waals surface area contributed by atoms with Crippen LogP contribution in [0.3, 0.4) is 0 Å². The Morgan fingerprint density at radius 2 is 2.29 bits per heavy atom. The van der Waals surface area contributed by atoms with Gasteiger partial charge in [0.1, 0.15) is 12.4 Å². The van der Waals surface area contributed by atoms with E-state index in [9.17, 15) is 0 Å². The molecular formula is C11H18N2O. The molecule has 0 amide bonds. The van der Waals surface area contributed by atoms with Crippen LogP contribution in [0.25, 0.3) is 0 Å². The van der Waals surface area contributed by atoms with Crippen LogP contribution in [-0.4, -0.2) is 24.2 Å². The monoisotopic (exact) mass is 194 g/mol. The Bertz CT molecular complexity index is 274. The van der Waals surface area contributed by atoms with E-state index < -0.39 is 0 Å². The zero-order valence-electron chi connectivity index (χ0n) is 9.08. The van der Waals surface area contributed by atoms with Crippen molar-refractivity contribution in [1.29, 1.82) is 0 Å². The molecule has 0 aliphatic heterocycles. The molecule has 0 aliphatic carbocycles. The highest BCUT2D eigenvalue weighted by atomic mass is 16.5. The Morgan fingerprint density at radius 1 is 1.50 bits per heavy atom. The molecule has 0 aromatic carbocycles. The van der Waals surface area contributed by atoms with Crippen LogP contribution in [0.1, 0.15) is 19.5 Å². The average Bonchev–Trinajstić information content (AvgIpc) is 2.15. The van der Waals surface area contributed by atoms with Gasteiger partial charge in [-0.3, -0.25) is 4.98 Å². The quantitative estimate of drug-likeness (QED) is 0.725. The van der Waals surface area contributed by atoms with Crippen molar-refractivity contribution >= 4 is 0 Å². The minimum Gasteiger partial charge on any atom is -0.490 e. The molecule has 3 heteroatoms. The van der Waals surface area contributed by atoms with Gasteiger partial charge in [-0.15, -0.1) is 0 Å². The molecule has 1 aromatic heterocycles. The molecule has 1 heterocycles.